The first-order valence-electron chi connectivity index (χ1n) is 7.63. The first kappa shape index (κ1) is 14.8. The van der Waals surface area contributed by atoms with Gasteiger partial charge < -0.3 is 10.3 Å². The van der Waals surface area contributed by atoms with E-state index in [0.717, 1.165) is 41.5 Å². The van der Waals surface area contributed by atoms with Gasteiger partial charge in [0.1, 0.15) is 0 Å². The van der Waals surface area contributed by atoms with Crippen LogP contribution in [0.5, 0.6) is 0 Å². The molecule has 2 N–H and O–H groups in total. The lowest BCUT2D eigenvalue weighted by Crippen LogP contribution is -2.35. The molecule has 1 atom stereocenters. The lowest BCUT2D eigenvalue weighted by Gasteiger charge is -2.16. The molecule has 22 heavy (non-hydrogen) atoms. The summed E-state index contributed by atoms with van der Waals surface area (Å²) in [6.45, 7) is 5.87. The van der Waals surface area contributed by atoms with Crippen molar-refractivity contribution in [2.24, 2.45) is 0 Å². The molecule has 0 unspecified atom stereocenters. The molecule has 1 aromatic carbocycles. The van der Waals surface area contributed by atoms with E-state index in [-0.39, 0.29) is 17.5 Å². The molecule has 0 bridgehead atoms. The number of carbonyl (C=O) groups is 1. The van der Waals surface area contributed by atoms with Crippen LogP contribution in [-0.4, -0.2) is 34.9 Å². The van der Waals surface area contributed by atoms with Crippen molar-refractivity contribution in [2.45, 2.75) is 32.9 Å². The number of fused-ring (bicyclic) bond motifs is 1. The number of H-pyrrole nitrogens is 1. The number of carbonyl (C=O) groups excluding carboxylic acids is 1. The standard InChI is InChI=1S/C17H21N3O2/c1-11-3-4-13-8-14(17(22)19-16(13)7-11)9-20-6-5-15(10-20)18-12(2)21/h3-4,7-8,15H,5-6,9-10H2,1-2H3,(H,18,21)(H,19,22)/t15-/m0/s1. The number of benzene rings is 1. The van der Waals surface area contributed by atoms with Gasteiger partial charge in [0, 0.05) is 43.7 Å². The molecule has 0 saturated carbocycles. The molecule has 1 aliphatic heterocycles. The van der Waals surface area contributed by atoms with Crippen LogP contribution >= 0.6 is 0 Å². The minimum atomic E-state index is -0.0268. The predicted octanol–water partition coefficient (Wildman–Crippen LogP) is 1.55. The summed E-state index contributed by atoms with van der Waals surface area (Å²) in [5.74, 6) is 0.00534. The number of nitrogens with one attached hydrogen (secondary N) is 2. The van der Waals surface area contributed by atoms with Crippen molar-refractivity contribution in [3.05, 3.63) is 45.7 Å². The molecule has 116 valence electrons. The molecule has 1 saturated heterocycles. The maximum atomic E-state index is 12.2. The molecule has 0 aliphatic carbocycles. The van der Waals surface area contributed by atoms with E-state index < -0.39 is 0 Å². The number of aryl methyl sites for hydroxylation is 1. The maximum absolute atomic E-state index is 12.2. The third kappa shape index (κ3) is 3.20. The Morgan fingerprint density at radius 3 is 3.00 bits per heavy atom. The van der Waals surface area contributed by atoms with Crippen molar-refractivity contribution in [2.75, 3.05) is 13.1 Å². The van der Waals surface area contributed by atoms with Gasteiger partial charge in [-0.3, -0.25) is 14.5 Å². The number of pyridine rings is 1. The summed E-state index contributed by atoms with van der Waals surface area (Å²) in [4.78, 5) is 28.5. The Morgan fingerprint density at radius 2 is 2.23 bits per heavy atom. The van der Waals surface area contributed by atoms with Gasteiger partial charge in [-0.1, -0.05) is 12.1 Å². The monoisotopic (exact) mass is 299 g/mol. The van der Waals surface area contributed by atoms with Gasteiger partial charge >= 0.3 is 0 Å². The van der Waals surface area contributed by atoms with Crippen molar-refractivity contribution < 1.29 is 4.79 Å². The summed E-state index contributed by atoms with van der Waals surface area (Å²) in [5, 5.41) is 3.99. The van der Waals surface area contributed by atoms with E-state index in [2.05, 4.69) is 15.2 Å². The van der Waals surface area contributed by atoms with E-state index in [1.165, 1.54) is 0 Å². The molecule has 1 aromatic heterocycles. The second kappa shape index (κ2) is 5.93. The van der Waals surface area contributed by atoms with Gasteiger partial charge in [0.15, 0.2) is 0 Å². The number of rotatable bonds is 3. The number of hydrogen-bond donors (Lipinski definition) is 2. The van der Waals surface area contributed by atoms with Gasteiger partial charge in [0.05, 0.1) is 0 Å². The molecular weight excluding hydrogens is 278 g/mol. The first-order valence-corrected chi connectivity index (χ1v) is 7.63. The minimum absolute atomic E-state index is 0.00534. The van der Waals surface area contributed by atoms with E-state index in [1.807, 2.05) is 31.2 Å². The second-order valence-electron chi connectivity index (χ2n) is 6.14. The topological polar surface area (TPSA) is 65.2 Å². The molecular formula is C17H21N3O2. The fourth-order valence-corrected chi connectivity index (χ4v) is 3.10. The summed E-state index contributed by atoms with van der Waals surface area (Å²) in [6, 6.07) is 8.24. The largest absolute Gasteiger partial charge is 0.352 e. The highest BCUT2D eigenvalue weighted by Crippen LogP contribution is 2.16. The third-order valence-electron chi connectivity index (χ3n) is 4.15. The molecule has 0 spiro atoms. The van der Waals surface area contributed by atoms with E-state index in [1.54, 1.807) is 6.92 Å². The quantitative estimate of drug-likeness (QED) is 0.903. The molecule has 1 aliphatic rings. The Balaban J connectivity index is 1.77. The number of amides is 1. The first-order chi connectivity index (χ1) is 10.5. The van der Waals surface area contributed by atoms with Crippen LogP contribution < -0.4 is 10.9 Å². The van der Waals surface area contributed by atoms with Crippen molar-refractivity contribution >= 4 is 16.8 Å². The summed E-state index contributed by atoms with van der Waals surface area (Å²) >= 11 is 0. The average Bonchev–Trinajstić information content (AvgIpc) is 2.86. The molecule has 1 fully saturated rings. The van der Waals surface area contributed by atoms with Gasteiger partial charge in [-0.25, -0.2) is 0 Å². The van der Waals surface area contributed by atoms with Crippen LogP contribution in [0.25, 0.3) is 10.9 Å². The zero-order valence-corrected chi connectivity index (χ0v) is 13.0. The predicted molar refractivity (Wildman–Crippen MR) is 86.8 cm³/mol. The molecule has 5 heteroatoms. The highest BCUT2D eigenvalue weighted by Gasteiger charge is 2.23. The smallest absolute Gasteiger partial charge is 0.252 e. The zero-order valence-electron chi connectivity index (χ0n) is 13.0. The second-order valence-corrected chi connectivity index (χ2v) is 6.14. The lowest BCUT2D eigenvalue weighted by atomic mass is 10.1. The number of likely N-dealkylation sites (tertiary alicyclic amines) is 1. The lowest BCUT2D eigenvalue weighted by molar-refractivity contribution is -0.119. The normalized spacial score (nSPS) is 18.7. The van der Waals surface area contributed by atoms with Gasteiger partial charge in [-0.05, 0) is 36.4 Å². The SMILES string of the molecule is CC(=O)N[C@H]1CCN(Cc2cc3ccc(C)cc3[nH]c2=O)C1. The molecule has 1 amide bonds. The van der Waals surface area contributed by atoms with Gasteiger partial charge in [-0.2, -0.15) is 0 Å². The van der Waals surface area contributed by atoms with Crippen LogP contribution in [0.15, 0.2) is 29.1 Å². The molecule has 2 aromatic rings. The Labute approximate surface area is 129 Å². The van der Waals surface area contributed by atoms with Crippen LogP contribution in [-0.2, 0) is 11.3 Å². The summed E-state index contributed by atoms with van der Waals surface area (Å²) in [6.07, 6.45) is 0.935. The van der Waals surface area contributed by atoms with E-state index >= 15 is 0 Å². The van der Waals surface area contributed by atoms with Crippen molar-refractivity contribution in [3.8, 4) is 0 Å². The minimum Gasteiger partial charge on any atom is -0.352 e. The average molecular weight is 299 g/mol. The third-order valence-corrected chi connectivity index (χ3v) is 4.15. The van der Waals surface area contributed by atoms with Crippen molar-refractivity contribution in [3.63, 3.8) is 0 Å². The Kier molecular flexibility index (Phi) is 3.98. The van der Waals surface area contributed by atoms with E-state index in [0.29, 0.717) is 6.54 Å². The van der Waals surface area contributed by atoms with Gasteiger partial charge in [-0.15, -0.1) is 0 Å². The maximum Gasteiger partial charge on any atom is 0.252 e. The fourth-order valence-electron chi connectivity index (χ4n) is 3.10. The molecule has 5 nitrogen and oxygen atoms in total. The van der Waals surface area contributed by atoms with Crippen LogP contribution in [0.1, 0.15) is 24.5 Å². The van der Waals surface area contributed by atoms with E-state index in [9.17, 15) is 9.59 Å². The summed E-state index contributed by atoms with van der Waals surface area (Å²) in [5.41, 5.74) is 2.76. The van der Waals surface area contributed by atoms with Crippen LogP contribution in [0, 0.1) is 6.92 Å². The summed E-state index contributed by atoms with van der Waals surface area (Å²) < 4.78 is 0. The highest BCUT2D eigenvalue weighted by molar-refractivity contribution is 5.79. The number of hydrogen-bond acceptors (Lipinski definition) is 3. The Hall–Kier alpha value is -2.14. The molecule has 3 rings (SSSR count). The molecule has 0 radical (unpaired) electrons. The number of aromatic amines is 1. The van der Waals surface area contributed by atoms with Crippen LogP contribution in [0.2, 0.25) is 0 Å². The van der Waals surface area contributed by atoms with Crippen molar-refractivity contribution in [1.82, 2.24) is 15.2 Å². The van der Waals surface area contributed by atoms with Crippen molar-refractivity contribution in [1.29, 1.82) is 0 Å². The van der Waals surface area contributed by atoms with E-state index in [4.69, 9.17) is 0 Å². The summed E-state index contributed by atoms with van der Waals surface area (Å²) in [7, 11) is 0. The van der Waals surface area contributed by atoms with Gasteiger partial charge in [0.25, 0.3) is 5.56 Å². The highest BCUT2D eigenvalue weighted by atomic mass is 16.1. The number of nitrogens with zero attached hydrogens (tertiary/aromatic N) is 1. The Morgan fingerprint density at radius 1 is 1.41 bits per heavy atom. The molecule has 2 heterocycles. The van der Waals surface area contributed by atoms with Crippen LogP contribution in [0.3, 0.4) is 0 Å². The fraction of sp³-hybridized carbons (Fsp3) is 0.412. The van der Waals surface area contributed by atoms with Gasteiger partial charge in [0.2, 0.25) is 5.91 Å². The van der Waals surface area contributed by atoms with Crippen LogP contribution in [0.4, 0.5) is 0 Å². The Bertz CT molecular complexity index is 766. The zero-order chi connectivity index (χ0) is 15.7. The number of aromatic nitrogens is 1.